The predicted octanol–water partition coefficient (Wildman–Crippen LogP) is 4.95. The van der Waals surface area contributed by atoms with Gasteiger partial charge in [0.2, 0.25) is 5.89 Å². The lowest BCUT2D eigenvalue weighted by Gasteiger charge is -2.37. The van der Waals surface area contributed by atoms with E-state index < -0.39 is 23.8 Å². The molecule has 0 amide bonds. The lowest BCUT2D eigenvalue weighted by atomic mass is 10.0. The number of hydrogen-bond acceptors (Lipinski definition) is 5. The van der Waals surface area contributed by atoms with Gasteiger partial charge in [-0.2, -0.15) is 13.2 Å². The molecule has 1 aliphatic rings. The minimum Gasteiger partial charge on any atom is -0.493 e. The van der Waals surface area contributed by atoms with Gasteiger partial charge in [0.1, 0.15) is 17.6 Å². The molecule has 1 fully saturated rings. The molecule has 4 rings (SSSR count). The van der Waals surface area contributed by atoms with Crippen molar-refractivity contribution in [3.05, 3.63) is 71.1 Å². The first-order chi connectivity index (χ1) is 15.7. The molecule has 1 aromatic heterocycles. The second-order valence-corrected chi connectivity index (χ2v) is 7.96. The summed E-state index contributed by atoms with van der Waals surface area (Å²) < 4.78 is 49.7. The number of aliphatic carboxylic acids is 1. The van der Waals surface area contributed by atoms with Gasteiger partial charge in [-0.1, -0.05) is 12.1 Å². The maximum Gasteiger partial charge on any atom is 0.416 e. The number of carboxylic acids is 1. The number of aryl methyl sites for hydroxylation is 1. The van der Waals surface area contributed by atoms with Crippen molar-refractivity contribution in [2.75, 3.05) is 13.2 Å². The van der Waals surface area contributed by atoms with Crippen molar-refractivity contribution >= 4 is 5.97 Å². The second kappa shape index (κ2) is 9.27. The number of aromatic nitrogens is 1. The van der Waals surface area contributed by atoms with Crippen molar-refractivity contribution in [1.29, 1.82) is 0 Å². The lowest BCUT2D eigenvalue weighted by Crippen LogP contribution is -2.51. The van der Waals surface area contributed by atoms with E-state index in [0.29, 0.717) is 48.8 Å². The molecule has 1 atom stereocenters. The van der Waals surface area contributed by atoms with E-state index in [2.05, 4.69) is 4.98 Å². The highest BCUT2D eigenvalue weighted by Crippen LogP contribution is 2.31. The molecule has 1 aliphatic heterocycles. The topological polar surface area (TPSA) is 75.8 Å². The average molecular weight is 460 g/mol. The van der Waals surface area contributed by atoms with Gasteiger partial charge in [0.15, 0.2) is 0 Å². The molecule has 6 nitrogen and oxygen atoms in total. The summed E-state index contributed by atoms with van der Waals surface area (Å²) in [6.45, 7) is 3.40. The number of halogens is 3. The fourth-order valence-electron chi connectivity index (χ4n) is 3.73. The molecule has 33 heavy (non-hydrogen) atoms. The molecule has 1 N–H and O–H groups in total. The van der Waals surface area contributed by atoms with Gasteiger partial charge in [0.25, 0.3) is 0 Å². The largest absolute Gasteiger partial charge is 0.493 e. The fraction of sp³-hybridized carbons (Fsp3) is 0.333. The molecule has 0 aliphatic carbocycles. The molecule has 9 heteroatoms. The highest BCUT2D eigenvalue weighted by atomic mass is 19.4. The summed E-state index contributed by atoms with van der Waals surface area (Å²) in [5.41, 5.74) is 1.39. The van der Waals surface area contributed by atoms with Gasteiger partial charge in [0, 0.05) is 25.1 Å². The number of oxazole rings is 1. The Morgan fingerprint density at radius 1 is 1.24 bits per heavy atom. The van der Waals surface area contributed by atoms with Gasteiger partial charge in [-0.25, -0.2) is 4.98 Å². The second-order valence-electron chi connectivity index (χ2n) is 7.96. The van der Waals surface area contributed by atoms with Crippen LogP contribution in [-0.2, 0) is 23.9 Å². The van der Waals surface area contributed by atoms with E-state index in [1.54, 1.807) is 6.92 Å². The molecule has 174 valence electrons. The smallest absolute Gasteiger partial charge is 0.416 e. The molecule has 2 aromatic carbocycles. The zero-order valence-corrected chi connectivity index (χ0v) is 17.9. The third-order valence-electron chi connectivity index (χ3n) is 5.66. The molecular weight excluding hydrogens is 437 g/mol. The van der Waals surface area contributed by atoms with Gasteiger partial charge >= 0.3 is 12.1 Å². The molecule has 0 spiro atoms. The van der Waals surface area contributed by atoms with Crippen LogP contribution in [0.25, 0.3) is 11.5 Å². The normalized spacial score (nSPS) is 16.4. The molecule has 3 aromatic rings. The number of likely N-dealkylation sites (tertiary alicyclic amines) is 1. The molecule has 0 bridgehead atoms. The van der Waals surface area contributed by atoms with E-state index in [-0.39, 0.29) is 5.89 Å². The maximum absolute atomic E-state index is 12.7. The third-order valence-corrected chi connectivity index (χ3v) is 5.66. The number of carboxylic acid groups (broad SMARTS) is 1. The first kappa shape index (κ1) is 22.8. The lowest BCUT2D eigenvalue weighted by molar-refractivity contribution is -0.148. The van der Waals surface area contributed by atoms with Crippen LogP contribution in [0.1, 0.15) is 29.0 Å². The van der Waals surface area contributed by atoms with E-state index in [9.17, 15) is 23.1 Å². The molecule has 1 saturated heterocycles. The van der Waals surface area contributed by atoms with Gasteiger partial charge in [0.05, 0.1) is 17.9 Å². The predicted molar refractivity (Wildman–Crippen MR) is 114 cm³/mol. The molecular formula is C24H23F3N2O4. The number of benzene rings is 2. The van der Waals surface area contributed by atoms with Gasteiger partial charge in [-0.3, -0.25) is 9.69 Å². The van der Waals surface area contributed by atoms with Crippen molar-refractivity contribution in [3.63, 3.8) is 0 Å². The number of carbonyl (C=O) groups is 1. The van der Waals surface area contributed by atoms with E-state index >= 15 is 0 Å². The third kappa shape index (κ3) is 5.36. The van der Waals surface area contributed by atoms with E-state index in [1.165, 1.54) is 12.1 Å². The summed E-state index contributed by atoms with van der Waals surface area (Å²) in [7, 11) is 0. The van der Waals surface area contributed by atoms with Gasteiger partial charge < -0.3 is 14.3 Å². The summed E-state index contributed by atoms with van der Waals surface area (Å²) in [5, 5.41) is 9.18. The minimum absolute atomic E-state index is 0.265. The van der Waals surface area contributed by atoms with E-state index in [4.69, 9.17) is 9.15 Å². The first-order valence-corrected chi connectivity index (χ1v) is 10.5. The Balaban J connectivity index is 1.34. The van der Waals surface area contributed by atoms with Crippen LogP contribution in [0.5, 0.6) is 5.75 Å². The monoisotopic (exact) mass is 460 g/mol. The van der Waals surface area contributed by atoms with Crippen LogP contribution in [0, 0.1) is 6.92 Å². The van der Waals surface area contributed by atoms with Crippen molar-refractivity contribution in [2.24, 2.45) is 0 Å². The zero-order chi connectivity index (χ0) is 23.6. The number of nitrogens with zero attached hydrogens (tertiary/aromatic N) is 2. The van der Waals surface area contributed by atoms with E-state index in [1.807, 2.05) is 29.2 Å². The summed E-state index contributed by atoms with van der Waals surface area (Å²) in [5.74, 6) is 0.719. The van der Waals surface area contributed by atoms with Crippen LogP contribution in [-0.4, -0.2) is 40.2 Å². The molecule has 0 unspecified atom stereocenters. The van der Waals surface area contributed by atoms with Crippen molar-refractivity contribution < 1.29 is 32.2 Å². The van der Waals surface area contributed by atoms with Crippen molar-refractivity contribution in [2.45, 2.75) is 38.5 Å². The number of alkyl halides is 3. The Labute approximate surface area is 188 Å². The Hall–Kier alpha value is -3.33. The summed E-state index contributed by atoms with van der Waals surface area (Å²) in [6.07, 6.45) is -3.26. The maximum atomic E-state index is 12.7. The SMILES string of the molecule is Cc1oc(-c2ccc(C(F)(F)F)cc2)nc1CCOc1cccc(CN2CC[C@@H]2C(=O)O)c1. The fourth-order valence-corrected chi connectivity index (χ4v) is 3.73. The van der Waals surface area contributed by atoms with Crippen LogP contribution in [0.2, 0.25) is 0 Å². The van der Waals surface area contributed by atoms with Gasteiger partial charge in [-0.15, -0.1) is 0 Å². The van der Waals surface area contributed by atoms with Crippen LogP contribution in [0.4, 0.5) is 13.2 Å². The Morgan fingerprint density at radius 3 is 2.64 bits per heavy atom. The van der Waals surface area contributed by atoms with Crippen molar-refractivity contribution in [1.82, 2.24) is 9.88 Å². The molecule has 0 saturated carbocycles. The summed E-state index contributed by atoms with van der Waals surface area (Å²) in [6, 6.07) is 11.8. The minimum atomic E-state index is -4.39. The van der Waals surface area contributed by atoms with Crippen LogP contribution >= 0.6 is 0 Å². The van der Waals surface area contributed by atoms with E-state index in [0.717, 1.165) is 24.2 Å². The highest BCUT2D eigenvalue weighted by Gasteiger charge is 2.33. The number of ether oxygens (including phenoxy) is 1. The number of rotatable bonds is 8. The first-order valence-electron chi connectivity index (χ1n) is 10.5. The Morgan fingerprint density at radius 2 is 2.00 bits per heavy atom. The molecule has 0 radical (unpaired) electrons. The quantitative estimate of drug-likeness (QED) is 0.513. The Kier molecular flexibility index (Phi) is 6.42. The standard InChI is InChI=1S/C24H23F3N2O4/c1-15-20(28-22(33-15)17-5-7-18(8-6-17)24(25,26)27)10-12-32-19-4-2-3-16(13-19)14-29-11-9-21(29)23(30)31/h2-8,13,21H,9-12,14H2,1H3,(H,30,31)/t21-/m1/s1. The van der Waals surface area contributed by atoms with Crippen molar-refractivity contribution in [3.8, 4) is 17.2 Å². The summed E-state index contributed by atoms with van der Waals surface area (Å²) >= 11 is 0. The molecule has 2 heterocycles. The summed E-state index contributed by atoms with van der Waals surface area (Å²) in [4.78, 5) is 17.5. The Bertz CT molecular complexity index is 1130. The van der Waals surface area contributed by atoms with Crippen LogP contribution in [0.3, 0.4) is 0 Å². The average Bonchev–Trinajstić information content (AvgIpc) is 3.11. The highest BCUT2D eigenvalue weighted by molar-refractivity contribution is 5.74. The van der Waals surface area contributed by atoms with Crippen LogP contribution < -0.4 is 4.74 Å². The van der Waals surface area contributed by atoms with Gasteiger partial charge in [-0.05, 0) is 55.3 Å². The van der Waals surface area contributed by atoms with Crippen LogP contribution in [0.15, 0.2) is 52.9 Å². The zero-order valence-electron chi connectivity index (χ0n) is 17.9. The number of hydrogen-bond donors (Lipinski definition) is 1.